The third-order valence-corrected chi connectivity index (χ3v) is 2.22. The lowest BCUT2D eigenvalue weighted by Crippen LogP contribution is -1.92. The molecule has 82 valence electrons. The van der Waals surface area contributed by atoms with Crippen molar-refractivity contribution in [3.05, 3.63) is 42.1 Å². The van der Waals surface area contributed by atoms with Gasteiger partial charge in [0.1, 0.15) is 5.82 Å². The zero-order valence-corrected chi connectivity index (χ0v) is 9.07. The normalized spacial score (nSPS) is 10.2. The Kier molecular flexibility index (Phi) is 2.81. The summed E-state index contributed by atoms with van der Waals surface area (Å²) in [5, 5.41) is 0. The molecule has 0 unspecified atom stereocenters. The first-order chi connectivity index (χ1) is 7.70. The van der Waals surface area contributed by atoms with Crippen LogP contribution in [0.2, 0.25) is 0 Å². The molecular formula is C12H11FN2O. The lowest BCUT2D eigenvalue weighted by molar-refractivity contribution is 0.386. The minimum absolute atomic E-state index is 0.231. The Labute approximate surface area is 92.9 Å². The van der Waals surface area contributed by atoms with Crippen LogP contribution in [0.15, 0.2) is 30.5 Å². The van der Waals surface area contributed by atoms with E-state index in [2.05, 4.69) is 9.97 Å². The number of methoxy groups -OCH3 is 1. The molecular weight excluding hydrogens is 207 g/mol. The number of hydrogen-bond donors (Lipinski definition) is 0. The van der Waals surface area contributed by atoms with Crippen molar-refractivity contribution in [2.45, 2.75) is 6.92 Å². The number of aromatic nitrogens is 2. The Morgan fingerprint density at radius 1 is 1.25 bits per heavy atom. The predicted molar refractivity (Wildman–Crippen MR) is 58.7 cm³/mol. The predicted octanol–water partition coefficient (Wildman–Crippen LogP) is 2.60. The van der Waals surface area contributed by atoms with Gasteiger partial charge in [-0.1, -0.05) is 0 Å². The molecule has 2 aromatic rings. The number of ether oxygens (including phenoxy) is 1. The zero-order chi connectivity index (χ0) is 11.5. The molecule has 16 heavy (non-hydrogen) atoms. The maximum Gasteiger partial charge on any atom is 0.165 e. The second-order valence-corrected chi connectivity index (χ2v) is 3.34. The van der Waals surface area contributed by atoms with Crippen LogP contribution >= 0.6 is 0 Å². The SMILES string of the molecule is COc1ccc(-c2ccnc(C)n2)cc1F. The third-order valence-electron chi connectivity index (χ3n) is 2.22. The molecule has 0 fully saturated rings. The summed E-state index contributed by atoms with van der Waals surface area (Å²) in [6, 6.07) is 6.50. The van der Waals surface area contributed by atoms with Gasteiger partial charge in [-0.2, -0.15) is 0 Å². The molecule has 0 amide bonds. The molecule has 0 spiro atoms. The molecule has 1 heterocycles. The highest BCUT2D eigenvalue weighted by Crippen LogP contribution is 2.23. The summed E-state index contributed by atoms with van der Waals surface area (Å²) in [4.78, 5) is 8.21. The molecule has 0 bridgehead atoms. The largest absolute Gasteiger partial charge is 0.494 e. The molecule has 2 rings (SSSR count). The van der Waals surface area contributed by atoms with Gasteiger partial charge in [-0.05, 0) is 31.2 Å². The van der Waals surface area contributed by atoms with Gasteiger partial charge in [-0.25, -0.2) is 14.4 Å². The third kappa shape index (κ3) is 2.00. The van der Waals surface area contributed by atoms with Gasteiger partial charge in [0.15, 0.2) is 11.6 Å². The van der Waals surface area contributed by atoms with Crippen molar-refractivity contribution in [2.75, 3.05) is 7.11 Å². The van der Waals surface area contributed by atoms with E-state index in [0.29, 0.717) is 17.1 Å². The van der Waals surface area contributed by atoms with Crippen molar-refractivity contribution in [1.29, 1.82) is 0 Å². The second-order valence-electron chi connectivity index (χ2n) is 3.34. The summed E-state index contributed by atoms with van der Waals surface area (Å²) >= 11 is 0. The highest BCUT2D eigenvalue weighted by atomic mass is 19.1. The molecule has 0 saturated carbocycles. The fourth-order valence-corrected chi connectivity index (χ4v) is 1.44. The van der Waals surface area contributed by atoms with E-state index in [4.69, 9.17) is 4.74 Å². The quantitative estimate of drug-likeness (QED) is 0.777. The maximum absolute atomic E-state index is 13.5. The summed E-state index contributed by atoms with van der Waals surface area (Å²) in [5.74, 6) is 0.500. The molecule has 0 aliphatic rings. The Hall–Kier alpha value is -1.97. The van der Waals surface area contributed by atoms with Crippen LogP contribution in [0.5, 0.6) is 5.75 Å². The lowest BCUT2D eigenvalue weighted by atomic mass is 10.1. The van der Waals surface area contributed by atoms with Crippen molar-refractivity contribution in [3.8, 4) is 17.0 Å². The van der Waals surface area contributed by atoms with Gasteiger partial charge in [0, 0.05) is 11.8 Å². The smallest absolute Gasteiger partial charge is 0.165 e. The number of rotatable bonds is 2. The average Bonchev–Trinajstić information content (AvgIpc) is 2.29. The van der Waals surface area contributed by atoms with Crippen LogP contribution in [-0.4, -0.2) is 17.1 Å². The summed E-state index contributed by atoms with van der Waals surface area (Å²) < 4.78 is 18.3. The van der Waals surface area contributed by atoms with E-state index in [0.717, 1.165) is 0 Å². The van der Waals surface area contributed by atoms with E-state index in [9.17, 15) is 4.39 Å². The lowest BCUT2D eigenvalue weighted by Gasteiger charge is -2.05. The molecule has 0 atom stereocenters. The fraction of sp³-hybridized carbons (Fsp3) is 0.167. The van der Waals surface area contributed by atoms with Gasteiger partial charge in [0.2, 0.25) is 0 Å². The molecule has 0 aliphatic heterocycles. The highest BCUT2D eigenvalue weighted by molar-refractivity contribution is 5.60. The first-order valence-electron chi connectivity index (χ1n) is 4.84. The topological polar surface area (TPSA) is 35.0 Å². The van der Waals surface area contributed by atoms with Crippen molar-refractivity contribution in [1.82, 2.24) is 9.97 Å². The number of nitrogens with zero attached hydrogens (tertiary/aromatic N) is 2. The van der Waals surface area contributed by atoms with E-state index in [-0.39, 0.29) is 5.75 Å². The van der Waals surface area contributed by atoms with Crippen LogP contribution in [0.25, 0.3) is 11.3 Å². The van der Waals surface area contributed by atoms with Crippen molar-refractivity contribution >= 4 is 0 Å². The molecule has 4 heteroatoms. The summed E-state index contributed by atoms with van der Waals surface area (Å²) in [6.45, 7) is 1.80. The minimum atomic E-state index is -0.392. The van der Waals surface area contributed by atoms with Gasteiger partial charge < -0.3 is 4.74 Å². The number of hydrogen-bond acceptors (Lipinski definition) is 3. The molecule has 1 aromatic carbocycles. The second kappa shape index (κ2) is 4.26. The Morgan fingerprint density at radius 3 is 2.69 bits per heavy atom. The molecule has 3 nitrogen and oxygen atoms in total. The molecule has 0 saturated heterocycles. The highest BCUT2D eigenvalue weighted by Gasteiger charge is 2.06. The van der Waals surface area contributed by atoms with Crippen LogP contribution in [0.4, 0.5) is 4.39 Å². The van der Waals surface area contributed by atoms with E-state index in [1.807, 2.05) is 0 Å². The summed E-state index contributed by atoms with van der Waals surface area (Å²) in [7, 11) is 1.44. The molecule has 1 aromatic heterocycles. The number of benzene rings is 1. The zero-order valence-electron chi connectivity index (χ0n) is 9.07. The summed E-state index contributed by atoms with van der Waals surface area (Å²) in [6.07, 6.45) is 1.65. The Bertz CT molecular complexity index is 514. The Morgan fingerprint density at radius 2 is 2.06 bits per heavy atom. The van der Waals surface area contributed by atoms with Gasteiger partial charge in [-0.3, -0.25) is 0 Å². The van der Waals surface area contributed by atoms with Gasteiger partial charge in [-0.15, -0.1) is 0 Å². The monoisotopic (exact) mass is 218 g/mol. The fourth-order valence-electron chi connectivity index (χ4n) is 1.44. The van der Waals surface area contributed by atoms with E-state index in [1.165, 1.54) is 13.2 Å². The van der Waals surface area contributed by atoms with Crippen LogP contribution in [0.3, 0.4) is 0 Å². The van der Waals surface area contributed by atoms with Gasteiger partial charge in [0.25, 0.3) is 0 Å². The Balaban J connectivity index is 2.45. The number of aryl methyl sites for hydroxylation is 1. The first kappa shape index (κ1) is 10.5. The van der Waals surface area contributed by atoms with Crippen molar-refractivity contribution in [3.63, 3.8) is 0 Å². The summed E-state index contributed by atoms with van der Waals surface area (Å²) in [5.41, 5.74) is 1.41. The molecule has 0 aliphatic carbocycles. The van der Waals surface area contributed by atoms with Crippen LogP contribution in [-0.2, 0) is 0 Å². The average molecular weight is 218 g/mol. The standard InChI is InChI=1S/C12H11FN2O/c1-8-14-6-5-11(15-8)9-3-4-12(16-2)10(13)7-9/h3-7H,1-2H3. The van der Waals surface area contributed by atoms with E-state index < -0.39 is 5.82 Å². The number of halogens is 1. The van der Waals surface area contributed by atoms with E-state index in [1.54, 1.807) is 31.3 Å². The molecule has 0 radical (unpaired) electrons. The van der Waals surface area contributed by atoms with Crippen molar-refractivity contribution < 1.29 is 9.13 Å². The molecule has 0 N–H and O–H groups in total. The maximum atomic E-state index is 13.5. The van der Waals surface area contributed by atoms with Gasteiger partial charge >= 0.3 is 0 Å². The van der Waals surface area contributed by atoms with E-state index >= 15 is 0 Å². The first-order valence-corrected chi connectivity index (χ1v) is 4.84. The van der Waals surface area contributed by atoms with Gasteiger partial charge in [0.05, 0.1) is 12.8 Å². The van der Waals surface area contributed by atoms with Crippen molar-refractivity contribution in [2.24, 2.45) is 0 Å². The minimum Gasteiger partial charge on any atom is -0.494 e. The van der Waals surface area contributed by atoms with Crippen LogP contribution in [0, 0.1) is 12.7 Å². The van der Waals surface area contributed by atoms with Crippen LogP contribution < -0.4 is 4.74 Å². The van der Waals surface area contributed by atoms with Crippen LogP contribution in [0.1, 0.15) is 5.82 Å².